The van der Waals surface area contributed by atoms with Gasteiger partial charge in [0.05, 0.1) is 12.6 Å². The van der Waals surface area contributed by atoms with Gasteiger partial charge in [-0.1, -0.05) is 62.2 Å². The molecule has 3 amide bonds. The number of halogens is 1. The van der Waals surface area contributed by atoms with Crippen LogP contribution < -0.4 is 20.7 Å². The fourth-order valence-corrected chi connectivity index (χ4v) is 4.82. The van der Waals surface area contributed by atoms with Gasteiger partial charge in [-0.3, -0.25) is 14.4 Å². The first-order chi connectivity index (χ1) is 19.2. The van der Waals surface area contributed by atoms with Crippen molar-refractivity contribution in [3.63, 3.8) is 0 Å². The van der Waals surface area contributed by atoms with Crippen molar-refractivity contribution in [3.8, 4) is 5.75 Å². The number of aliphatic hydroxyl groups excluding tert-OH is 1. The molecule has 218 valence electrons. The van der Waals surface area contributed by atoms with Crippen molar-refractivity contribution >= 4 is 29.3 Å². The largest absolute Gasteiger partial charge is 0.492 e. The zero-order valence-electron chi connectivity index (χ0n) is 23.5. The third-order valence-electron chi connectivity index (χ3n) is 7.37. The minimum Gasteiger partial charge on any atom is -0.492 e. The van der Waals surface area contributed by atoms with Gasteiger partial charge in [-0.05, 0) is 48.1 Å². The molecular weight excluding hydrogens is 532 g/mol. The zero-order chi connectivity index (χ0) is 29.1. The molecule has 0 aliphatic carbocycles. The van der Waals surface area contributed by atoms with Crippen molar-refractivity contribution in [2.75, 3.05) is 33.4 Å². The Labute approximate surface area is 241 Å². The Kier molecular flexibility index (Phi) is 12.2. The molecule has 2 aromatic carbocycles. The van der Waals surface area contributed by atoms with Crippen molar-refractivity contribution in [3.05, 3.63) is 64.7 Å². The molecule has 2 aromatic rings. The molecule has 4 N–H and O–H groups in total. The Hall–Kier alpha value is -3.14. The van der Waals surface area contributed by atoms with E-state index in [4.69, 9.17) is 16.3 Å². The van der Waals surface area contributed by atoms with E-state index in [0.29, 0.717) is 37.6 Å². The van der Waals surface area contributed by atoms with Gasteiger partial charge in [0.1, 0.15) is 24.4 Å². The van der Waals surface area contributed by atoms with Crippen molar-refractivity contribution in [2.24, 2.45) is 5.92 Å². The number of aliphatic hydroxyl groups is 1. The maximum atomic E-state index is 13.6. The van der Waals surface area contributed by atoms with Gasteiger partial charge in [0.15, 0.2) is 0 Å². The maximum absolute atomic E-state index is 13.6. The number of hydrogen-bond donors (Lipinski definition) is 4. The number of hydrogen-bond acceptors (Lipinski definition) is 6. The molecule has 1 heterocycles. The molecule has 1 aliphatic rings. The molecule has 4 atom stereocenters. The number of nitrogens with one attached hydrogen (secondary N) is 3. The molecule has 0 spiro atoms. The van der Waals surface area contributed by atoms with Crippen LogP contribution in [0.15, 0.2) is 48.5 Å². The number of para-hydroxylation sites is 1. The lowest BCUT2D eigenvalue weighted by molar-refractivity contribution is -0.143. The lowest BCUT2D eigenvalue weighted by Gasteiger charge is -2.33. The van der Waals surface area contributed by atoms with E-state index in [-0.39, 0.29) is 24.2 Å². The summed E-state index contributed by atoms with van der Waals surface area (Å²) in [5, 5.41) is 19.7. The number of likely N-dealkylation sites (N-methyl/N-ethyl adjacent to an activating group) is 1. The predicted octanol–water partition coefficient (Wildman–Crippen LogP) is 2.33. The minimum atomic E-state index is -1.16. The van der Waals surface area contributed by atoms with Crippen LogP contribution in [-0.2, 0) is 27.2 Å². The van der Waals surface area contributed by atoms with Gasteiger partial charge in [-0.25, -0.2) is 0 Å². The Bertz CT molecular complexity index is 1130. The van der Waals surface area contributed by atoms with E-state index in [0.717, 1.165) is 23.3 Å². The molecule has 40 heavy (non-hydrogen) atoms. The summed E-state index contributed by atoms with van der Waals surface area (Å²) >= 11 is 6.02. The first kappa shape index (κ1) is 31.4. The number of ether oxygens (including phenoxy) is 1. The molecule has 3 rings (SSSR count). The van der Waals surface area contributed by atoms with Gasteiger partial charge in [-0.2, -0.15) is 0 Å². The number of benzene rings is 2. The Balaban J connectivity index is 1.89. The number of carbonyl (C=O) groups is 3. The summed E-state index contributed by atoms with van der Waals surface area (Å²) in [6, 6.07) is 12.2. The topological polar surface area (TPSA) is 120 Å². The first-order valence-electron chi connectivity index (χ1n) is 13.9. The monoisotopic (exact) mass is 572 g/mol. The molecule has 1 unspecified atom stereocenters. The molecule has 1 aliphatic heterocycles. The highest BCUT2D eigenvalue weighted by atomic mass is 35.5. The highest BCUT2D eigenvalue weighted by Gasteiger charge is 2.34. The lowest BCUT2D eigenvalue weighted by atomic mass is 9.97. The summed E-state index contributed by atoms with van der Waals surface area (Å²) in [6.45, 7) is 4.56. The van der Waals surface area contributed by atoms with Crippen LogP contribution in [-0.4, -0.2) is 79.2 Å². The number of nitrogens with zero attached hydrogens (tertiary/aromatic N) is 1. The smallest absolute Gasteiger partial charge is 0.245 e. The van der Waals surface area contributed by atoms with Crippen LogP contribution >= 0.6 is 11.6 Å². The van der Waals surface area contributed by atoms with Crippen LogP contribution in [0.2, 0.25) is 5.02 Å². The molecule has 0 saturated carbocycles. The quantitative estimate of drug-likeness (QED) is 0.437. The van der Waals surface area contributed by atoms with Gasteiger partial charge in [0, 0.05) is 31.6 Å². The first-order valence-corrected chi connectivity index (χ1v) is 14.3. The van der Waals surface area contributed by atoms with Gasteiger partial charge in [-0.15, -0.1) is 0 Å². The number of carbonyl (C=O) groups excluding carboxylic acids is 3. The van der Waals surface area contributed by atoms with E-state index >= 15 is 0 Å². The summed E-state index contributed by atoms with van der Waals surface area (Å²) in [6.07, 6.45) is 2.33. The van der Waals surface area contributed by atoms with E-state index in [2.05, 4.69) is 16.0 Å². The normalized spacial score (nSPS) is 22.7. The van der Waals surface area contributed by atoms with Crippen LogP contribution in [0, 0.1) is 5.92 Å². The summed E-state index contributed by atoms with van der Waals surface area (Å²) in [7, 11) is 1.50. The van der Waals surface area contributed by atoms with Crippen LogP contribution in [0.5, 0.6) is 5.75 Å². The average Bonchev–Trinajstić information content (AvgIpc) is 2.95. The maximum Gasteiger partial charge on any atom is 0.245 e. The molecule has 0 fully saturated rings. The molecule has 0 bridgehead atoms. The van der Waals surface area contributed by atoms with E-state index in [1.54, 1.807) is 24.3 Å². The molecule has 9 nitrogen and oxygen atoms in total. The summed E-state index contributed by atoms with van der Waals surface area (Å²) in [5.74, 6) is -0.525. The molecule has 10 heteroatoms. The van der Waals surface area contributed by atoms with Crippen molar-refractivity contribution < 1.29 is 24.2 Å². The summed E-state index contributed by atoms with van der Waals surface area (Å²) in [5.41, 5.74) is 1.84. The van der Waals surface area contributed by atoms with Gasteiger partial charge in [0.2, 0.25) is 17.7 Å². The van der Waals surface area contributed by atoms with Gasteiger partial charge < -0.3 is 30.7 Å². The highest BCUT2D eigenvalue weighted by molar-refractivity contribution is 6.30. The number of fused-ring (bicyclic) bond motifs is 1. The fourth-order valence-electron chi connectivity index (χ4n) is 4.70. The summed E-state index contributed by atoms with van der Waals surface area (Å²) < 4.78 is 6.04. The van der Waals surface area contributed by atoms with Crippen LogP contribution in [0.3, 0.4) is 0 Å². The van der Waals surface area contributed by atoms with Gasteiger partial charge >= 0.3 is 0 Å². The number of rotatable bonds is 5. The van der Waals surface area contributed by atoms with Crippen LogP contribution in [0.25, 0.3) is 0 Å². The average molecular weight is 573 g/mol. The van der Waals surface area contributed by atoms with E-state index < -0.39 is 30.6 Å². The molecule has 0 radical (unpaired) electrons. The third-order valence-corrected chi connectivity index (χ3v) is 7.63. The SMILES string of the molecule is CCC(C)[C@@H]1NCCOc2ccccc2CCCNC(=O)[C@@H](Cc2ccc(Cl)cc2)NC(=O)[C@H](CO)N(C)C1=O. The van der Waals surface area contributed by atoms with Crippen molar-refractivity contribution in [1.82, 2.24) is 20.9 Å². The Morgan fingerprint density at radius 3 is 2.50 bits per heavy atom. The predicted molar refractivity (Wildman–Crippen MR) is 155 cm³/mol. The lowest BCUT2D eigenvalue weighted by Crippen LogP contribution is -2.59. The highest BCUT2D eigenvalue weighted by Crippen LogP contribution is 2.20. The minimum absolute atomic E-state index is 0.0290. The van der Waals surface area contributed by atoms with E-state index in [1.807, 2.05) is 38.1 Å². The molecule has 0 saturated heterocycles. The number of aryl methyl sites for hydroxylation is 1. The van der Waals surface area contributed by atoms with Crippen molar-refractivity contribution in [1.29, 1.82) is 0 Å². The second kappa shape index (κ2) is 15.6. The second-order valence-electron chi connectivity index (χ2n) is 10.2. The fraction of sp³-hybridized carbons (Fsp3) is 0.500. The van der Waals surface area contributed by atoms with Crippen LogP contribution in [0.1, 0.15) is 37.8 Å². The Morgan fingerprint density at radius 2 is 1.80 bits per heavy atom. The van der Waals surface area contributed by atoms with Crippen LogP contribution in [0.4, 0.5) is 0 Å². The standard InChI is InChI=1S/C30H41ClN4O5/c1-4-20(2)27-30(39)35(3)25(19-36)29(38)34-24(18-21-11-13-23(31)14-12-21)28(37)33-15-7-9-22-8-5-6-10-26(22)40-17-16-32-27/h5-6,8,10-14,20,24-25,27,32,36H,4,7,9,15-19H2,1-3H3,(H,33,37)(H,34,38)/t20?,24-,25+,27+/m1/s1. The van der Waals surface area contributed by atoms with Crippen molar-refractivity contribution in [2.45, 2.75) is 57.7 Å². The van der Waals surface area contributed by atoms with E-state index in [9.17, 15) is 19.5 Å². The molecule has 0 aromatic heterocycles. The van der Waals surface area contributed by atoms with E-state index in [1.165, 1.54) is 11.9 Å². The second-order valence-corrected chi connectivity index (χ2v) is 10.6. The zero-order valence-corrected chi connectivity index (χ0v) is 24.2. The third kappa shape index (κ3) is 8.68. The van der Waals surface area contributed by atoms with Gasteiger partial charge in [0.25, 0.3) is 0 Å². The molecular formula is C30H41ClN4O5. The number of amides is 3. The summed E-state index contributed by atoms with van der Waals surface area (Å²) in [4.78, 5) is 41.5. The Morgan fingerprint density at radius 1 is 1.07 bits per heavy atom.